The summed E-state index contributed by atoms with van der Waals surface area (Å²) in [5.41, 5.74) is 0. The summed E-state index contributed by atoms with van der Waals surface area (Å²) < 4.78 is 11.6. The molecule has 1 amide bonds. The third-order valence-electron chi connectivity index (χ3n) is 5.72. The van der Waals surface area contributed by atoms with E-state index < -0.39 is 6.10 Å². The molecular formula is C20H28N2O3. The van der Waals surface area contributed by atoms with Gasteiger partial charge in [-0.1, -0.05) is 31.4 Å². The molecule has 1 saturated heterocycles. The number of nitrogens with zero attached hydrogens (tertiary/aromatic N) is 1. The van der Waals surface area contributed by atoms with Crippen molar-refractivity contribution in [3.63, 3.8) is 0 Å². The van der Waals surface area contributed by atoms with Crippen molar-refractivity contribution in [3.05, 3.63) is 24.3 Å². The maximum atomic E-state index is 12.8. The number of benzene rings is 1. The zero-order chi connectivity index (χ0) is 17.1. The Morgan fingerprint density at radius 2 is 1.76 bits per heavy atom. The van der Waals surface area contributed by atoms with Crippen LogP contribution in [0.15, 0.2) is 24.3 Å². The Kier molecular flexibility index (Phi) is 5.11. The van der Waals surface area contributed by atoms with Crippen LogP contribution < -0.4 is 14.8 Å². The first-order valence-electron chi connectivity index (χ1n) is 9.74. The topological polar surface area (TPSA) is 50.8 Å². The van der Waals surface area contributed by atoms with E-state index in [1.54, 1.807) is 0 Å². The van der Waals surface area contributed by atoms with Crippen LogP contribution in [0.1, 0.15) is 44.9 Å². The number of para-hydroxylation sites is 2. The largest absolute Gasteiger partial charge is 0.485 e. The van der Waals surface area contributed by atoms with Gasteiger partial charge in [0.25, 0.3) is 5.91 Å². The number of fused-ring (bicyclic) bond motifs is 1. The summed E-state index contributed by atoms with van der Waals surface area (Å²) in [6.07, 6.45) is 8.07. The molecule has 4 rings (SSSR count). The number of carbonyl (C=O) groups excluding carboxylic acids is 1. The van der Waals surface area contributed by atoms with Crippen molar-refractivity contribution >= 4 is 5.91 Å². The maximum absolute atomic E-state index is 12.8. The monoisotopic (exact) mass is 344 g/mol. The minimum Gasteiger partial charge on any atom is -0.485 e. The standard InChI is InChI=1S/C20H28N2O3/c23-20(19-14-24-17-10-4-5-11-18(17)25-19)21-15-8-2-3-9-16(15)22-12-6-1-7-13-22/h4-5,10-11,15-16,19H,1-3,6-9,12-14H2,(H,21,23)/t15-,16-,19?/m1/s1. The number of ether oxygens (including phenoxy) is 2. The second-order valence-corrected chi connectivity index (χ2v) is 7.43. The molecule has 0 aromatic heterocycles. The maximum Gasteiger partial charge on any atom is 0.264 e. The number of amides is 1. The zero-order valence-electron chi connectivity index (χ0n) is 14.8. The summed E-state index contributed by atoms with van der Waals surface area (Å²) in [6, 6.07) is 8.25. The fourth-order valence-electron chi connectivity index (χ4n) is 4.39. The molecule has 1 aromatic carbocycles. The van der Waals surface area contributed by atoms with Crippen molar-refractivity contribution in [1.82, 2.24) is 10.2 Å². The summed E-state index contributed by atoms with van der Waals surface area (Å²) in [4.78, 5) is 15.4. The molecule has 3 atom stereocenters. The number of nitrogens with one attached hydrogen (secondary N) is 1. The van der Waals surface area contributed by atoms with Gasteiger partial charge in [-0.2, -0.15) is 0 Å². The summed E-state index contributed by atoms with van der Waals surface area (Å²) >= 11 is 0. The summed E-state index contributed by atoms with van der Waals surface area (Å²) in [5.74, 6) is 1.34. The van der Waals surface area contributed by atoms with Crippen molar-refractivity contribution in [2.45, 2.75) is 63.1 Å². The highest BCUT2D eigenvalue weighted by atomic mass is 16.6. The fraction of sp³-hybridized carbons (Fsp3) is 0.650. The molecule has 3 aliphatic rings. The molecule has 1 N–H and O–H groups in total. The highest BCUT2D eigenvalue weighted by Gasteiger charge is 2.35. The lowest BCUT2D eigenvalue weighted by atomic mass is 9.88. The van der Waals surface area contributed by atoms with Gasteiger partial charge < -0.3 is 14.8 Å². The van der Waals surface area contributed by atoms with Crippen LogP contribution >= 0.6 is 0 Å². The third-order valence-corrected chi connectivity index (χ3v) is 5.72. The molecule has 0 radical (unpaired) electrons. The van der Waals surface area contributed by atoms with E-state index in [4.69, 9.17) is 9.47 Å². The predicted octanol–water partition coefficient (Wildman–Crippen LogP) is 2.74. The molecule has 136 valence electrons. The van der Waals surface area contributed by atoms with E-state index in [0.717, 1.165) is 12.2 Å². The number of piperidine rings is 1. The van der Waals surface area contributed by atoms with Crippen molar-refractivity contribution in [3.8, 4) is 11.5 Å². The van der Waals surface area contributed by atoms with Gasteiger partial charge in [-0.3, -0.25) is 9.69 Å². The minimum absolute atomic E-state index is 0.0385. The molecule has 2 aliphatic heterocycles. The Morgan fingerprint density at radius 1 is 1.00 bits per heavy atom. The van der Waals surface area contributed by atoms with Gasteiger partial charge in [0.05, 0.1) is 0 Å². The number of likely N-dealkylation sites (tertiary alicyclic amines) is 1. The van der Waals surface area contributed by atoms with Gasteiger partial charge in [-0.15, -0.1) is 0 Å². The van der Waals surface area contributed by atoms with E-state index >= 15 is 0 Å². The van der Waals surface area contributed by atoms with Crippen LogP contribution in [-0.2, 0) is 4.79 Å². The van der Waals surface area contributed by atoms with E-state index in [1.165, 1.54) is 51.6 Å². The lowest BCUT2D eigenvalue weighted by molar-refractivity contribution is -0.132. The Hall–Kier alpha value is -1.75. The highest BCUT2D eigenvalue weighted by molar-refractivity contribution is 5.82. The molecule has 1 unspecified atom stereocenters. The van der Waals surface area contributed by atoms with E-state index in [1.807, 2.05) is 24.3 Å². The van der Waals surface area contributed by atoms with Gasteiger partial charge >= 0.3 is 0 Å². The average molecular weight is 344 g/mol. The third kappa shape index (κ3) is 3.76. The number of hydrogen-bond acceptors (Lipinski definition) is 4. The number of carbonyl (C=O) groups is 1. The summed E-state index contributed by atoms with van der Waals surface area (Å²) in [5, 5.41) is 3.28. The average Bonchev–Trinajstić information content (AvgIpc) is 2.68. The van der Waals surface area contributed by atoms with Crippen molar-refractivity contribution in [2.75, 3.05) is 19.7 Å². The quantitative estimate of drug-likeness (QED) is 0.916. The molecular weight excluding hydrogens is 316 g/mol. The molecule has 1 saturated carbocycles. The molecule has 5 heteroatoms. The first-order valence-corrected chi connectivity index (χ1v) is 9.74. The first-order chi connectivity index (χ1) is 12.3. The first kappa shape index (κ1) is 16.7. The Bertz CT molecular complexity index is 600. The van der Waals surface area contributed by atoms with E-state index in [9.17, 15) is 4.79 Å². The van der Waals surface area contributed by atoms with Crippen molar-refractivity contribution < 1.29 is 14.3 Å². The lowest BCUT2D eigenvalue weighted by Crippen LogP contribution is -2.57. The zero-order valence-corrected chi connectivity index (χ0v) is 14.8. The van der Waals surface area contributed by atoms with Crippen LogP contribution in [0.25, 0.3) is 0 Å². The van der Waals surface area contributed by atoms with E-state index in [0.29, 0.717) is 11.8 Å². The van der Waals surface area contributed by atoms with E-state index in [2.05, 4.69) is 10.2 Å². The summed E-state index contributed by atoms with van der Waals surface area (Å²) in [6.45, 7) is 2.63. The molecule has 1 aliphatic carbocycles. The van der Waals surface area contributed by atoms with Crippen LogP contribution in [0, 0.1) is 0 Å². The molecule has 25 heavy (non-hydrogen) atoms. The Labute approximate surface area is 149 Å². The van der Waals surface area contributed by atoms with Crippen LogP contribution in [0.4, 0.5) is 0 Å². The Balaban J connectivity index is 1.39. The SMILES string of the molecule is O=C(N[C@@H]1CCCC[C@H]1N1CCCCC1)C1COc2ccccc2O1. The van der Waals surface area contributed by atoms with Crippen molar-refractivity contribution in [2.24, 2.45) is 0 Å². The van der Waals surface area contributed by atoms with Crippen LogP contribution in [0.5, 0.6) is 11.5 Å². The van der Waals surface area contributed by atoms with E-state index in [-0.39, 0.29) is 18.6 Å². The number of rotatable bonds is 3. The fourth-order valence-corrected chi connectivity index (χ4v) is 4.39. The number of hydrogen-bond donors (Lipinski definition) is 1. The Morgan fingerprint density at radius 3 is 2.60 bits per heavy atom. The normalized spacial score (nSPS) is 29.8. The lowest BCUT2D eigenvalue weighted by Gasteiger charge is -2.42. The van der Waals surface area contributed by atoms with Gasteiger partial charge in [-0.05, 0) is 50.9 Å². The predicted molar refractivity (Wildman–Crippen MR) is 96.0 cm³/mol. The molecule has 1 aromatic rings. The molecule has 0 spiro atoms. The van der Waals surface area contributed by atoms with Gasteiger partial charge in [0.1, 0.15) is 6.61 Å². The molecule has 2 fully saturated rings. The smallest absolute Gasteiger partial charge is 0.264 e. The second-order valence-electron chi connectivity index (χ2n) is 7.43. The minimum atomic E-state index is -0.557. The van der Waals surface area contributed by atoms with Crippen LogP contribution in [0.3, 0.4) is 0 Å². The van der Waals surface area contributed by atoms with Crippen LogP contribution in [0.2, 0.25) is 0 Å². The van der Waals surface area contributed by atoms with Gasteiger partial charge in [0, 0.05) is 12.1 Å². The van der Waals surface area contributed by atoms with Crippen molar-refractivity contribution in [1.29, 1.82) is 0 Å². The molecule has 2 heterocycles. The highest BCUT2D eigenvalue weighted by Crippen LogP contribution is 2.31. The molecule has 0 bridgehead atoms. The van der Waals surface area contributed by atoms with Gasteiger partial charge in [0.15, 0.2) is 11.5 Å². The van der Waals surface area contributed by atoms with Gasteiger partial charge in [0.2, 0.25) is 6.10 Å². The van der Waals surface area contributed by atoms with Crippen LogP contribution in [-0.4, -0.2) is 48.7 Å². The molecule has 5 nitrogen and oxygen atoms in total. The summed E-state index contributed by atoms with van der Waals surface area (Å²) in [7, 11) is 0. The second kappa shape index (κ2) is 7.65. The van der Waals surface area contributed by atoms with Gasteiger partial charge in [-0.25, -0.2) is 0 Å².